The molecule has 1 atom stereocenters. The smallest absolute Gasteiger partial charge is 0.422 e. The number of ether oxygens (including phenoxy) is 1. The quantitative estimate of drug-likeness (QED) is 0.413. The number of pyridine rings is 1. The number of nitrogens with one attached hydrogen (secondary N) is 2. The predicted octanol–water partition coefficient (Wildman–Crippen LogP) is 2.33. The number of alkyl halides is 3. The van der Waals surface area contributed by atoms with E-state index in [9.17, 15) is 31.2 Å². The fraction of sp³-hybridized carbons (Fsp3) is 0.320. The molecule has 1 aliphatic heterocycles. The third kappa shape index (κ3) is 5.57. The third-order valence-corrected chi connectivity index (χ3v) is 7.39. The van der Waals surface area contributed by atoms with Crippen molar-refractivity contribution >= 4 is 27.5 Å². The first-order chi connectivity index (χ1) is 19.2. The topological polar surface area (TPSA) is 156 Å². The van der Waals surface area contributed by atoms with Crippen LogP contribution in [0, 0.1) is 17.1 Å². The van der Waals surface area contributed by atoms with Crippen molar-refractivity contribution < 1.29 is 40.3 Å². The van der Waals surface area contributed by atoms with E-state index in [2.05, 4.69) is 20.7 Å². The predicted molar refractivity (Wildman–Crippen MR) is 134 cm³/mol. The maximum Gasteiger partial charge on any atom is 0.422 e. The van der Waals surface area contributed by atoms with Crippen molar-refractivity contribution in [1.29, 1.82) is 5.26 Å². The zero-order valence-electron chi connectivity index (χ0n) is 21.2. The van der Waals surface area contributed by atoms with Crippen LogP contribution in [0.3, 0.4) is 0 Å². The fourth-order valence-electron chi connectivity index (χ4n) is 5.09. The van der Waals surface area contributed by atoms with Gasteiger partial charge >= 0.3 is 6.18 Å². The number of carbonyl (C=O) groups is 2. The molecule has 2 N–H and O–H groups in total. The Bertz CT molecular complexity index is 1730. The van der Waals surface area contributed by atoms with Gasteiger partial charge in [0, 0.05) is 30.5 Å². The first-order valence-electron chi connectivity index (χ1n) is 12.0. The Morgan fingerprint density at radius 3 is 2.71 bits per heavy atom. The van der Waals surface area contributed by atoms with Gasteiger partial charge in [-0.1, -0.05) is 0 Å². The lowest BCUT2D eigenvalue weighted by Crippen LogP contribution is -2.50. The monoisotopic (exact) mass is 592 g/mol. The number of benzene rings is 1. The molecule has 0 unspecified atom stereocenters. The van der Waals surface area contributed by atoms with Crippen LogP contribution in [0.2, 0.25) is 0 Å². The molecular formula is C25H20F4N6O5S. The highest BCUT2D eigenvalue weighted by molar-refractivity contribution is 7.91. The van der Waals surface area contributed by atoms with E-state index in [1.165, 1.54) is 24.4 Å². The molecule has 11 nitrogen and oxygen atoms in total. The van der Waals surface area contributed by atoms with Crippen molar-refractivity contribution in [3.63, 3.8) is 0 Å². The van der Waals surface area contributed by atoms with E-state index >= 15 is 4.39 Å². The average Bonchev–Trinajstić information content (AvgIpc) is 3.40. The van der Waals surface area contributed by atoms with Gasteiger partial charge in [-0.25, -0.2) is 17.8 Å². The molecule has 0 saturated carbocycles. The third-order valence-electron chi connectivity index (χ3n) is 6.60. The summed E-state index contributed by atoms with van der Waals surface area (Å²) < 4.78 is 82.3. The summed E-state index contributed by atoms with van der Waals surface area (Å²) in [5, 5.41) is 18.7. The Labute approximate surface area is 230 Å². The number of fused-ring (bicyclic) bond motifs is 3. The second kappa shape index (κ2) is 9.84. The van der Waals surface area contributed by atoms with E-state index in [0.717, 1.165) is 17.0 Å². The molecule has 214 valence electrons. The number of anilines is 1. The lowest BCUT2D eigenvalue weighted by Gasteiger charge is -2.35. The minimum atomic E-state index is -4.61. The second-order valence-corrected chi connectivity index (χ2v) is 11.9. The number of carbonyl (C=O) groups excluding carboxylic acids is 2. The van der Waals surface area contributed by atoms with Gasteiger partial charge in [-0.05, 0) is 36.6 Å². The molecule has 2 amide bonds. The van der Waals surface area contributed by atoms with Gasteiger partial charge < -0.3 is 15.4 Å². The minimum absolute atomic E-state index is 0.0566. The highest BCUT2D eigenvalue weighted by atomic mass is 32.2. The van der Waals surface area contributed by atoms with Crippen molar-refractivity contribution in [2.45, 2.75) is 31.0 Å². The summed E-state index contributed by atoms with van der Waals surface area (Å²) in [7, 11) is -3.73. The van der Waals surface area contributed by atoms with Crippen LogP contribution in [0.5, 0.6) is 5.75 Å². The number of amides is 2. The van der Waals surface area contributed by atoms with Gasteiger partial charge in [-0.15, -0.1) is 0 Å². The Hall–Kier alpha value is -4.52. The summed E-state index contributed by atoms with van der Waals surface area (Å²) in [5.74, 6) is -3.81. The van der Waals surface area contributed by atoms with Crippen molar-refractivity contribution in [2.24, 2.45) is 0 Å². The van der Waals surface area contributed by atoms with Gasteiger partial charge in [0.2, 0.25) is 5.91 Å². The summed E-state index contributed by atoms with van der Waals surface area (Å²) in [6.07, 6.45) is -2.14. The summed E-state index contributed by atoms with van der Waals surface area (Å²) in [6.45, 7) is -1.59. The van der Waals surface area contributed by atoms with Crippen LogP contribution in [0.15, 0.2) is 30.5 Å². The number of aryl methyl sites for hydroxylation is 1. The molecular weight excluding hydrogens is 572 g/mol. The summed E-state index contributed by atoms with van der Waals surface area (Å²) in [4.78, 5) is 30.2. The zero-order chi connectivity index (χ0) is 29.7. The van der Waals surface area contributed by atoms with Gasteiger partial charge in [-0.2, -0.15) is 28.2 Å². The number of nitriles is 1. The molecule has 1 aromatic carbocycles. The average molecular weight is 593 g/mol. The van der Waals surface area contributed by atoms with E-state index in [-0.39, 0.29) is 59.0 Å². The van der Waals surface area contributed by atoms with E-state index in [0.29, 0.717) is 5.56 Å². The normalized spacial score (nSPS) is 17.9. The minimum Gasteiger partial charge on any atom is -0.484 e. The van der Waals surface area contributed by atoms with Crippen LogP contribution in [-0.2, 0) is 33.0 Å². The molecule has 0 radical (unpaired) electrons. The van der Waals surface area contributed by atoms with Gasteiger partial charge in [0.1, 0.15) is 29.0 Å². The van der Waals surface area contributed by atoms with Crippen LogP contribution in [0.4, 0.5) is 23.4 Å². The molecule has 0 saturated heterocycles. The number of sulfone groups is 1. The zero-order valence-corrected chi connectivity index (χ0v) is 22.0. The van der Waals surface area contributed by atoms with Crippen LogP contribution in [0.25, 0.3) is 5.82 Å². The molecule has 41 heavy (non-hydrogen) atoms. The molecule has 0 fully saturated rings. The van der Waals surface area contributed by atoms with Crippen LogP contribution in [-0.4, -0.2) is 59.8 Å². The highest BCUT2D eigenvalue weighted by Crippen LogP contribution is 2.46. The van der Waals surface area contributed by atoms with Crippen LogP contribution in [0.1, 0.15) is 39.2 Å². The number of rotatable bonds is 6. The molecule has 2 aromatic heterocycles. The standard InChI is InChI=1S/C25H20F4N6O5S/c1-41(38,39)11-19(36)32-22-20-17(34-35(22)18-3-2-13(9-30)10-31-18)8-24(33-23(20)37)5-4-14-6-15(7-16(26)21(14)24)40-12-25(27,28)29/h2-3,6-7,10H,4-5,8,11-12H2,1H3,(H,32,36)(H,33,37)/t24-/m0/s1. The van der Waals surface area contributed by atoms with Crippen LogP contribution >= 0.6 is 0 Å². The van der Waals surface area contributed by atoms with Crippen molar-refractivity contribution in [2.75, 3.05) is 23.9 Å². The molecule has 0 bridgehead atoms. The number of halogens is 4. The maximum atomic E-state index is 15.4. The van der Waals surface area contributed by atoms with E-state index in [4.69, 9.17) is 10.00 Å². The highest BCUT2D eigenvalue weighted by Gasteiger charge is 2.48. The maximum absolute atomic E-state index is 15.4. The lowest BCUT2D eigenvalue weighted by molar-refractivity contribution is -0.153. The molecule has 3 aromatic rings. The van der Waals surface area contributed by atoms with Crippen molar-refractivity contribution in [1.82, 2.24) is 20.1 Å². The molecule has 5 rings (SSSR count). The Kier molecular flexibility index (Phi) is 6.72. The van der Waals surface area contributed by atoms with Crippen LogP contribution < -0.4 is 15.4 Å². The van der Waals surface area contributed by atoms with Crippen molar-refractivity contribution in [3.05, 3.63) is 64.2 Å². The Morgan fingerprint density at radius 2 is 2.07 bits per heavy atom. The van der Waals surface area contributed by atoms with Gasteiger partial charge in [0.05, 0.1) is 16.8 Å². The first-order valence-corrected chi connectivity index (χ1v) is 14.0. The number of nitrogens with zero attached hydrogens (tertiary/aromatic N) is 4. The first kappa shape index (κ1) is 28.0. The number of hydrogen-bond acceptors (Lipinski definition) is 8. The summed E-state index contributed by atoms with van der Waals surface area (Å²) in [6, 6.07) is 6.87. The summed E-state index contributed by atoms with van der Waals surface area (Å²) >= 11 is 0. The fourth-order valence-corrected chi connectivity index (χ4v) is 5.64. The SMILES string of the molecule is CS(=O)(=O)CC(=O)Nc1c2c(nn1-c1ccc(C#N)cn1)C[C@]1(CCc3cc(OCC(F)(F)F)cc(F)c31)NC2=O. The number of hydrogen-bond donors (Lipinski definition) is 2. The largest absolute Gasteiger partial charge is 0.484 e. The van der Waals surface area contributed by atoms with Gasteiger partial charge in [0.15, 0.2) is 28.1 Å². The van der Waals surface area contributed by atoms with Gasteiger partial charge in [-0.3, -0.25) is 9.59 Å². The Morgan fingerprint density at radius 1 is 1.32 bits per heavy atom. The molecule has 1 aliphatic carbocycles. The molecule has 2 aliphatic rings. The van der Waals surface area contributed by atoms with Gasteiger partial charge in [0.25, 0.3) is 5.91 Å². The molecule has 16 heteroatoms. The van der Waals surface area contributed by atoms with E-state index in [1.807, 2.05) is 6.07 Å². The molecule has 3 heterocycles. The second-order valence-electron chi connectivity index (χ2n) is 9.77. The van der Waals surface area contributed by atoms with E-state index < -0.39 is 51.5 Å². The van der Waals surface area contributed by atoms with Crippen molar-refractivity contribution in [3.8, 4) is 17.6 Å². The molecule has 1 spiro atoms. The van der Waals surface area contributed by atoms with E-state index in [1.54, 1.807) is 0 Å². The number of aromatic nitrogens is 3. The summed E-state index contributed by atoms with van der Waals surface area (Å²) in [5.41, 5.74) is -0.578. The lowest BCUT2D eigenvalue weighted by atomic mass is 9.82. The Balaban J connectivity index is 1.56.